The second-order valence-corrected chi connectivity index (χ2v) is 5.70. The van der Waals surface area contributed by atoms with Crippen LogP contribution in [-0.2, 0) is 0 Å². The Morgan fingerprint density at radius 2 is 1.91 bits per heavy atom. The van der Waals surface area contributed by atoms with Gasteiger partial charge in [0.2, 0.25) is 12.5 Å². The first kappa shape index (κ1) is 12.6. The summed E-state index contributed by atoms with van der Waals surface area (Å²) in [5.41, 5.74) is 1.42. The van der Waals surface area contributed by atoms with Gasteiger partial charge in [0, 0.05) is 17.8 Å². The molecule has 2 aliphatic heterocycles. The van der Waals surface area contributed by atoms with E-state index >= 15 is 0 Å². The number of carbonyl (C=O) groups excluding carboxylic acids is 1. The minimum Gasteiger partial charge on any atom is -0.492 e. The standard InChI is InChI=1S/C18H13NO4/c1-19-11-7-9-5-3-4-6-10(9)12-13(11)14(18(19)20)15(21-2)17-16(12)22-8-23-17/h3-7H,8H2,1-2H3. The average Bonchev–Trinajstić information content (AvgIpc) is 3.15. The van der Waals surface area contributed by atoms with Crippen molar-refractivity contribution in [3.8, 4) is 17.2 Å². The fourth-order valence-electron chi connectivity index (χ4n) is 3.62. The van der Waals surface area contributed by atoms with Gasteiger partial charge in [0.05, 0.1) is 18.4 Å². The predicted octanol–water partition coefficient (Wildman–Crippen LogP) is 3.32. The molecule has 5 heteroatoms. The molecule has 2 heterocycles. The Morgan fingerprint density at radius 1 is 1.13 bits per heavy atom. The molecule has 1 amide bonds. The number of rotatable bonds is 1. The lowest BCUT2D eigenvalue weighted by molar-refractivity contribution is 0.0995. The van der Waals surface area contributed by atoms with Crippen molar-refractivity contribution in [1.82, 2.24) is 0 Å². The number of benzene rings is 3. The first-order valence-corrected chi connectivity index (χ1v) is 7.35. The molecule has 0 saturated carbocycles. The van der Waals surface area contributed by atoms with Gasteiger partial charge in [0.15, 0.2) is 11.5 Å². The summed E-state index contributed by atoms with van der Waals surface area (Å²) < 4.78 is 16.8. The maximum atomic E-state index is 12.8. The smallest absolute Gasteiger partial charge is 0.262 e. The zero-order valence-corrected chi connectivity index (χ0v) is 12.7. The summed E-state index contributed by atoms with van der Waals surface area (Å²) >= 11 is 0. The van der Waals surface area contributed by atoms with E-state index in [0.29, 0.717) is 22.8 Å². The van der Waals surface area contributed by atoms with E-state index in [1.165, 1.54) is 0 Å². The highest BCUT2D eigenvalue weighted by Gasteiger charge is 2.38. The summed E-state index contributed by atoms with van der Waals surface area (Å²) in [4.78, 5) is 14.4. The second kappa shape index (κ2) is 4.07. The highest BCUT2D eigenvalue weighted by molar-refractivity contribution is 6.32. The average molecular weight is 307 g/mol. The molecular formula is C18H13NO4. The fourth-order valence-corrected chi connectivity index (χ4v) is 3.62. The summed E-state index contributed by atoms with van der Waals surface area (Å²) in [5, 5.41) is 3.89. The van der Waals surface area contributed by atoms with E-state index < -0.39 is 0 Å². The molecule has 114 valence electrons. The molecule has 0 fully saturated rings. The molecule has 0 radical (unpaired) electrons. The highest BCUT2D eigenvalue weighted by atomic mass is 16.7. The van der Waals surface area contributed by atoms with Gasteiger partial charge in [0.1, 0.15) is 0 Å². The number of fused-ring (bicyclic) bond motifs is 4. The molecular weight excluding hydrogens is 294 g/mol. The van der Waals surface area contributed by atoms with Gasteiger partial charge in [-0.25, -0.2) is 0 Å². The number of hydrogen-bond acceptors (Lipinski definition) is 4. The van der Waals surface area contributed by atoms with E-state index in [9.17, 15) is 4.79 Å². The Kier molecular flexibility index (Phi) is 2.23. The first-order chi connectivity index (χ1) is 11.2. The van der Waals surface area contributed by atoms with Gasteiger partial charge in [-0.15, -0.1) is 0 Å². The van der Waals surface area contributed by atoms with E-state index in [1.807, 2.05) is 30.3 Å². The molecule has 0 unspecified atom stereocenters. The number of nitrogens with zero attached hydrogens (tertiary/aromatic N) is 1. The van der Waals surface area contributed by atoms with Crippen LogP contribution < -0.4 is 19.1 Å². The van der Waals surface area contributed by atoms with E-state index in [4.69, 9.17) is 14.2 Å². The van der Waals surface area contributed by atoms with Crippen LogP contribution in [0.2, 0.25) is 0 Å². The lowest BCUT2D eigenvalue weighted by Crippen LogP contribution is -2.21. The molecule has 3 aromatic rings. The minimum atomic E-state index is -0.0875. The van der Waals surface area contributed by atoms with Crippen LogP contribution in [-0.4, -0.2) is 26.9 Å². The topological polar surface area (TPSA) is 48.0 Å². The van der Waals surface area contributed by atoms with E-state index in [2.05, 4.69) is 0 Å². The number of carbonyl (C=O) groups is 1. The van der Waals surface area contributed by atoms with Crippen LogP contribution >= 0.6 is 0 Å². The molecule has 5 nitrogen and oxygen atoms in total. The Morgan fingerprint density at radius 3 is 2.74 bits per heavy atom. The lowest BCUT2D eigenvalue weighted by atomic mass is 9.96. The third-order valence-corrected chi connectivity index (χ3v) is 4.64. The number of ether oxygens (including phenoxy) is 3. The molecule has 23 heavy (non-hydrogen) atoms. The van der Waals surface area contributed by atoms with Crippen molar-refractivity contribution in [3.63, 3.8) is 0 Å². The maximum absolute atomic E-state index is 12.8. The summed E-state index contributed by atoms with van der Waals surface area (Å²) in [6.45, 7) is 0.132. The molecule has 2 aliphatic rings. The second-order valence-electron chi connectivity index (χ2n) is 5.70. The quantitative estimate of drug-likeness (QED) is 0.647. The monoisotopic (exact) mass is 307 g/mol. The van der Waals surface area contributed by atoms with E-state index in [-0.39, 0.29) is 12.7 Å². The molecule has 0 atom stereocenters. The van der Waals surface area contributed by atoms with Gasteiger partial charge >= 0.3 is 0 Å². The van der Waals surface area contributed by atoms with Crippen molar-refractivity contribution in [1.29, 1.82) is 0 Å². The number of hydrogen-bond donors (Lipinski definition) is 0. The Balaban J connectivity index is 2.12. The van der Waals surface area contributed by atoms with Gasteiger partial charge in [-0.05, 0) is 16.8 Å². The van der Waals surface area contributed by atoms with E-state index in [1.54, 1.807) is 19.1 Å². The first-order valence-electron chi connectivity index (χ1n) is 7.35. The molecule has 0 saturated heterocycles. The van der Waals surface area contributed by atoms with Gasteiger partial charge in [-0.3, -0.25) is 4.79 Å². The van der Waals surface area contributed by atoms with Gasteiger partial charge in [-0.1, -0.05) is 24.3 Å². The zero-order valence-electron chi connectivity index (χ0n) is 12.7. The van der Waals surface area contributed by atoms with Crippen LogP contribution in [0.5, 0.6) is 17.2 Å². The fraction of sp³-hybridized carbons (Fsp3) is 0.167. The van der Waals surface area contributed by atoms with Crippen LogP contribution in [0.1, 0.15) is 10.4 Å². The maximum Gasteiger partial charge on any atom is 0.262 e. The van der Waals surface area contributed by atoms with Crippen molar-refractivity contribution in [2.45, 2.75) is 0 Å². The molecule has 0 N–H and O–H groups in total. The summed E-state index contributed by atoms with van der Waals surface area (Å²) in [6.07, 6.45) is 0. The third kappa shape index (κ3) is 1.35. The molecule has 3 aromatic carbocycles. The number of anilines is 1. The highest BCUT2D eigenvalue weighted by Crippen LogP contribution is 2.55. The molecule has 0 aliphatic carbocycles. The summed E-state index contributed by atoms with van der Waals surface area (Å²) in [6, 6.07) is 10.1. The number of methoxy groups -OCH3 is 1. The van der Waals surface area contributed by atoms with Gasteiger partial charge < -0.3 is 19.1 Å². The Bertz CT molecular complexity index is 1020. The minimum absolute atomic E-state index is 0.0875. The molecule has 0 aromatic heterocycles. The van der Waals surface area contributed by atoms with Crippen molar-refractivity contribution < 1.29 is 19.0 Å². The van der Waals surface area contributed by atoms with Crippen LogP contribution in [0, 0.1) is 0 Å². The van der Waals surface area contributed by atoms with Gasteiger partial charge in [-0.2, -0.15) is 0 Å². The van der Waals surface area contributed by atoms with Crippen LogP contribution in [0.25, 0.3) is 21.5 Å². The third-order valence-electron chi connectivity index (χ3n) is 4.64. The van der Waals surface area contributed by atoms with Gasteiger partial charge in [0.25, 0.3) is 5.91 Å². The summed E-state index contributed by atoms with van der Waals surface area (Å²) in [7, 11) is 3.32. The van der Waals surface area contributed by atoms with Crippen molar-refractivity contribution >= 4 is 33.1 Å². The Labute approximate surface area is 132 Å². The van der Waals surface area contributed by atoms with E-state index in [0.717, 1.165) is 27.2 Å². The molecule has 0 spiro atoms. The van der Waals surface area contributed by atoms with Crippen molar-refractivity contribution in [2.24, 2.45) is 0 Å². The largest absolute Gasteiger partial charge is 0.492 e. The molecule has 0 bridgehead atoms. The normalized spacial score (nSPS) is 15.0. The zero-order chi connectivity index (χ0) is 15.7. The molecule has 5 rings (SSSR count). The van der Waals surface area contributed by atoms with Crippen LogP contribution in [0.4, 0.5) is 5.69 Å². The SMILES string of the molecule is COc1c2c(c3c4c(cc5ccccc53)N(C)C(=O)c14)OCO2. The number of amides is 1. The Hall–Kier alpha value is -2.95. The lowest BCUT2D eigenvalue weighted by Gasteiger charge is -2.13. The van der Waals surface area contributed by atoms with Crippen LogP contribution in [0.3, 0.4) is 0 Å². The van der Waals surface area contributed by atoms with Crippen molar-refractivity contribution in [3.05, 3.63) is 35.9 Å². The van der Waals surface area contributed by atoms with Crippen LogP contribution in [0.15, 0.2) is 30.3 Å². The summed E-state index contributed by atoms with van der Waals surface area (Å²) in [5.74, 6) is 1.54. The predicted molar refractivity (Wildman–Crippen MR) is 86.9 cm³/mol. The van der Waals surface area contributed by atoms with Crippen molar-refractivity contribution in [2.75, 3.05) is 25.9 Å².